The number of esters is 1. The zero-order chi connectivity index (χ0) is 15.9. The standard InChI is InChI=1S/C12H15NO7S/c1-2-19-12(16)7-13-21(17,18)10-5-3-9(4-6-10)20-8-11(14)15/h3-6,13H,2,7-8H2,1H3,(H,14,15). The number of carbonyl (C=O) groups excluding carboxylic acids is 1. The molecule has 0 aromatic heterocycles. The van der Waals surface area contributed by atoms with Crippen molar-refractivity contribution in [2.24, 2.45) is 0 Å². The Kier molecular flexibility index (Phi) is 6.12. The molecule has 0 saturated carbocycles. The highest BCUT2D eigenvalue weighted by Crippen LogP contribution is 2.15. The van der Waals surface area contributed by atoms with Gasteiger partial charge in [-0.25, -0.2) is 13.2 Å². The Morgan fingerprint density at radius 2 is 1.86 bits per heavy atom. The summed E-state index contributed by atoms with van der Waals surface area (Å²) in [5, 5.41) is 8.45. The number of aliphatic carboxylic acids is 1. The number of carbonyl (C=O) groups is 2. The molecule has 0 fully saturated rings. The van der Waals surface area contributed by atoms with E-state index >= 15 is 0 Å². The van der Waals surface area contributed by atoms with Crippen molar-refractivity contribution >= 4 is 22.0 Å². The van der Waals surface area contributed by atoms with Crippen molar-refractivity contribution in [3.63, 3.8) is 0 Å². The van der Waals surface area contributed by atoms with Crippen LogP contribution in [0.5, 0.6) is 5.75 Å². The highest BCUT2D eigenvalue weighted by atomic mass is 32.2. The van der Waals surface area contributed by atoms with Gasteiger partial charge in [0.1, 0.15) is 12.3 Å². The van der Waals surface area contributed by atoms with Crippen LogP contribution in [-0.2, 0) is 24.3 Å². The van der Waals surface area contributed by atoms with Crippen LogP contribution >= 0.6 is 0 Å². The fraction of sp³-hybridized carbons (Fsp3) is 0.333. The smallest absolute Gasteiger partial charge is 0.341 e. The number of ether oxygens (including phenoxy) is 2. The van der Waals surface area contributed by atoms with E-state index in [1.54, 1.807) is 6.92 Å². The SMILES string of the molecule is CCOC(=O)CNS(=O)(=O)c1ccc(OCC(=O)O)cc1. The van der Waals surface area contributed by atoms with Gasteiger partial charge >= 0.3 is 11.9 Å². The van der Waals surface area contributed by atoms with Crippen molar-refractivity contribution in [2.75, 3.05) is 19.8 Å². The summed E-state index contributed by atoms with van der Waals surface area (Å²) in [6, 6.07) is 5.12. The summed E-state index contributed by atoms with van der Waals surface area (Å²) in [7, 11) is -3.84. The van der Waals surface area contributed by atoms with E-state index in [2.05, 4.69) is 9.46 Å². The van der Waals surface area contributed by atoms with E-state index in [0.717, 1.165) is 0 Å². The highest BCUT2D eigenvalue weighted by Gasteiger charge is 2.16. The first-order valence-corrected chi connectivity index (χ1v) is 7.43. The largest absolute Gasteiger partial charge is 0.482 e. The normalized spacial score (nSPS) is 10.9. The molecule has 0 unspecified atom stereocenters. The van der Waals surface area contributed by atoms with Crippen molar-refractivity contribution in [3.8, 4) is 5.75 Å². The molecule has 0 aliphatic heterocycles. The van der Waals surface area contributed by atoms with E-state index in [-0.39, 0.29) is 17.3 Å². The van der Waals surface area contributed by atoms with Gasteiger partial charge in [-0.2, -0.15) is 4.72 Å². The minimum Gasteiger partial charge on any atom is -0.482 e. The lowest BCUT2D eigenvalue weighted by Crippen LogP contribution is -2.30. The van der Waals surface area contributed by atoms with Crippen molar-refractivity contribution < 1.29 is 32.6 Å². The number of hydrogen-bond donors (Lipinski definition) is 2. The number of sulfonamides is 1. The molecule has 0 radical (unpaired) electrons. The molecule has 1 aromatic carbocycles. The third-order valence-electron chi connectivity index (χ3n) is 2.21. The van der Waals surface area contributed by atoms with Crippen LogP contribution in [0.3, 0.4) is 0 Å². The van der Waals surface area contributed by atoms with Gasteiger partial charge in [0.15, 0.2) is 6.61 Å². The molecular weight excluding hydrogens is 302 g/mol. The predicted molar refractivity (Wildman–Crippen MR) is 71.4 cm³/mol. The van der Waals surface area contributed by atoms with Crippen molar-refractivity contribution in [1.29, 1.82) is 0 Å². The van der Waals surface area contributed by atoms with Gasteiger partial charge in [-0.05, 0) is 31.2 Å². The Morgan fingerprint density at radius 1 is 1.24 bits per heavy atom. The molecule has 2 N–H and O–H groups in total. The maximum absolute atomic E-state index is 11.9. The molecule has 0 amide bonds. The van der Waals surface area contributed by atoms with E-state index in [0.29, 0.717) is 0 Å². The molecule has 1 rings (SSSR count). The zero-order valence-electron chi connectivity index (χ0n) is 11.2. The number of carboxylic acids is 1. The van der Waals surface area contributed by atoms with Crippen molar-refractivity contribution in [3.05, 3.63) is 24.3 Å². The van der Waals surface area contributed by atoms with Crippen LogP contribution in [0.2, 0.25) is 0 Å². The number of nitrogens with one attached hydrogen (secondary N) is 1. The number of carboxylic acid groups (broad SMARTS) is 1. The first-order valence-electron chi connectivity index (χ1n) is 5.95. The quantitative estimate of drug-likeness (QED) is 0.647. The van der Waals surface area contributed by atoms with Crippen LogP contribution < -0.4 is 9.46 Å². The monoisotopic (exact) mass is 317 g/mol. The van der Waals surface area contributed by atoms with Gasteiger partial charge in [0.2, 0.25) is 10.0 Å². The van der Waals surface area contributed by atoms with Crippen molar-refractivity contribution in [1.82, 2.24) is 4.72 Å². The van der Waals surface area contributed by atoms with Crippen LogP contribution in [0.1, 0.15) is 6.92 Å². The number of rotatable bonds is 8. The lowest BCUT2D eigenvalue weighted by Gasteiger charge is -2.07. The minimum atomic E-state index is -3.84. The maximum atomic E-state index is 11.9. The molecule has 0 spiro atoms. The van der Waals surface area contributed by atoms with Crippen LogP contribution in [-0.4, -0.2) is 45.2 Å². The molecular formula is C12H15NO7S. The maximum Gasteiger partial charge on any atom is 0.341 e. The van der Waals surface area contributed by atoms with Crippen molar-refractivity contribution in [2.45, 2.75) is 11.8 Å². The summed E-state index contributed by atoms with van der Waals surface area (Å²) < 4.78 is 35.3. The summed E-state index contributed by atoms with van der Waals surface area (Å²) in [5.74, 6) is -1.59. The fourth-order valence-electron chi connectivity index (χ4n) is 1.31. The Balaban J connectivity index is 2.66. The number of benzene rings is 1. The molecule has 0 heterocycles. The van der Waals surface area contributed by atoms with E-state index in [4.69, 9.17) is 9.84 Å². The summed E-state index contributed by atoms with van der Waals surface area (Å²) in [6.07, 6.45) is 0. The first kappa shape index (κ1) is 16.9. The van der Waals surface area contributed by atoms with Crippen LogP contribution in [0.4, 0.5) is 0 Å². The van der Waals surface area contributed by atoms with E-state index in [1.165, 1.54) is 24.3 Å². The number of hydrogen-bond acceptors (Lipinski definition) is 6. The Morgan fingerprint density at radius 3 is 2.38 bits per heavy atom. The van der Waals surface area contributed by atoms with E-state index in [9.17, 15) is 18.0 Å². The molecule has 9 heteroatoms. The summed E-state index contributed by atoms with van der Waals surface area (Å²) in [4.78, 5) is 21.4. The van der Waals surface area contributed by atoms with Gasteiger partial charge in [0.05, 0.1) is 11.5 Å². The summed E-state index contributed by atoms with van der Waals surface area (Å²) in [6.45, 7) is 0.791. The molecule has 116 valence electrons. The molecule has 21 heavy (non-hydrogen) atoms. The molecule has 0 saturated heterocycles. The van der Waals surface area contributed by atoms with Gasteiger partial charge in [0.25, 0.3) is 0 Å². The third-order valence-corrected chi connectivity index (χ3v) is 3.63. The summed E-state index contributed by atoms with van der Waals surface area (Å²) in [5.41, 5.74) is 0. The second-order valence-corrected chi connectivity index (χ2v) is 5.55. The van der Waals surface area contributed by atoms with Gasteiger partial charge in [-0.1, -0.05) is 0 Å². The predicted octanol–water partition coefficient (Wildman–Crippen LogP) is -0.00860. The fourth-order valence-corrected chi connectivity index (χ4v) is 2.28. The van der Waals surface area contributed by atoms with Gasteiger partial charge in [-0.15, -0.1) is 0 Å². The first-order chi connectivity index (χ1) is 9.85. The molecule has 0 aliphatic carbocycles. The Hall–Kier alpha value is -2.13. The van der Waals surface area contributed by atoms with Crippen LogP contribution in [0, 0.1) is 0 Å². The molecule has 1 aromatic rings. The topological polar surface area (TPSA) is 119 Å². The zero-order valence-corrected chi connectivity index (χ0v) is 12.1. The lowest BCUT2D eigenvalue weighted by atomic mass is 10.3. The molecule has 0 bridgehead atoms. The van der Waals surface area contributed by atoms with Gasteiger partial charge in [-0.3, -0.25) is 4.79 Å². The molecule has 0 aliphatic rings. The second kappa shape index (κ2) is 7.60. The Labute approximate surface area is 121 Å². The molecule has 0 atom stereocenters. The average molecular weight is 317 g/mol. The minimum absolute atomic E-state index is 0.0746. The third kappa shape index (κ3) is 5.79. The Bertz CT molecular complexity index is 595. The van der Waals surface area contributed by atoms with Gasteiger partial charge in [0, 0.05) is 0 Å². The lowest BCUT2D eigenvalue weighted by molar-refractivity contribution is -0.141. The van der Waals surface area contributed by atoms with E-state index < -0.39 is 35.1 Å². The molecule has 8 nitrogen and oxygen atoms in total. The summed E-state index contributed by atoms with van der Waals surface area (Å²) >= 11 is 0. The van der Waals surface area contributed by atoms with Gasteiger partial charge < -0.3 is 14.6 Å². The average Bonchev–Trinajstić information content (AvgIpc) is 2.44. The second-order valence-electron chi connectivity index (χ2n) is 3.78. The van der Waals surface area contributed by atoms with Crippen LogP contribution in [0.25, 0.3) is 0 Å². The van der Waals surface area contributed by atoms with E-state index in [1.807, 2.05) is 0 Å². The highest BCUT2D eigenvalue weighted by molar-refractivity contribution is 7.89. The van der Waals surface area contributed by atoms with Crippen LogP contribution in [0.15, 0.2) is 29.2 Å².